The fourth-order valence-electron chi connectivity index (χ4n) is 3.05. The molecule has 4 amide bonds. The number of carboxylic acid groups (broad SMARTS) is 1. The smallest absolute Gasteiger partial charge is 0.326 e. The number of primary amides is 1. The molecule has 6 unspecified atom stereocenters. The molecule has 0 spiro atoms. The van der Waals surface area contributed by atoms with Gasteiger partial charge in [-0.1, -0.05) is 54.4 Å². The van der Waals surface area contributed by atoms with Crippen molar-refractivity contribution in [3.05, 3.63) is 0 Å². The standard InChI is InChI=1S/C22H41N5O6/c1-7-12(5)16(24)19(29)26-17(11(3)4)20(30)27-18(13(6)8-2)21(31)25-14(22(32)33)9-10-15(23)28/h11-14,16-18H,7-10,24H2,1-6H3,(H2,23,28)(H,25,31)(H,26,29)(H,27,30)(H,32,33). The summed E-state index contributed by atoms with van der Waals surface area (Å²) in [6, 6.07) is -4.08. The van der Waals surface area contributed by atoms with Gasteiger partial charge in [0.2, 0.25) is 23.6 Å². The van der Waals surface area contributed by atoms with Gasteiger partial charge in [0, 0.05) is 6.42 Å². The molecule has 11 nitrogen and oxygen atoms in total. The van der Waals surface area contributed by atoms with Crippen LogP contribution in [0.4, 0.5) is 0 Å². The van der Waals surface area contributed by atoms with Crippen molar-refractivity contribution < 1.29 is 29.1 Å². The first-order chi connectivity index (χ1) is 15.3. The molecule has 11 heteroatoms. The van der Waals surface area contributed by atoms with Gasteiger partial charge in [0.25, 0.3) is 0 Å². The van der Waals surface area contributed by atoms with E-state index in [9.17, 15) is 29.1 Å². The first-order valence-corrected chi connectivity index (χ1v) is 11.4. The molecule has 0 rings (SSSR count). The van der Waals surface area contributed by atoms with E-state index in [1.54, 1.807) is 20.8 Å². The molecule has 0 aliphatic rings. The van der Waals surface area contributed by atoms with E-state index in [2.05, 4.69) is 16.0 Å². The molecular weight excluding hydrogens is 430 g/mol. The molecule has 0 heterocycles. The summed E-state index contributed by atoms with van der Waals surface area (Å²) in [7, 11) is 0. The van der Waals surface area contributed by atoms with Crippen LogP contribution in [0.1, 0.15) is 67.2 Å². The largest absolute Gasteiger partial charge is 0.480 e. The average molecular weight is 472 g/mol. The maximum absolute atomic E-state index is 13.0. The van der Waals surface area contributed by atoms with Crippen molar-refractivity contribution in [2.45, 2.75) is 91.4 Å². The lowest BCUT2D eigenvalue weighted by molar-refractivity contribution is -0.143. The first-order valence-electron chi connectivity index (χ1n) is 11.4. The SMILES string of the molecule is CCC(C)C(N)C(=O)NC(C(=O)NC(C(=O)NC(CCC(N)=O)C(=O)O)C(C)CC)C(C)C. The molecule has 8 N–H and O–H groups in total. The zero-order valence-corrected chi connectivity index (χ0v) is 20.5. The van der Waals surface area contributed by atoms with E-state index in [4.69, 9.17) is 11.5 Å². The lowest BCUT2D eigenvalue weighted by atomic mass is 9.95. The molecule has 0 aromatic heterocycles. The molecule has 0 aliphatic heterocycles. The Balaban J connectivity index is 5.52. The Labute approximate surface area is 195 Å². The third-order valence-corrected chi connectivity index (χ3v) is 5.89. The Morgan fingerprint density at radius 2 is 1.27 bits per heavy atom. The summed E-state index contributed by atoms with van der Waals surface area (Å²) in [5.41, 5.74) is 11.0. The molecule has 190 valence electrons. The molecule has 0 bridgehead atoms. The summed E-state index contributed by atoms with van der Waals surface area (Å²) in [6.07, 6.45) is 0.837. The van der Waals surface area contributed by atoms with Crippen LogP contribution < -0.4 is 27.4 Å². The highest BCUT2D eigenvalue weighted by Gasteiger charge is 2.34. The first kappa shape index (κ1) is 30.3. The van der Waals surface area contributed by atoms with E-state index >= 15 is 0 Å². The van der Waals surface area contributed by atoms with Gasteiger partial charge in [0.1, 0.15) is 18.1 Å². The van der Waals surface area contributed by atoms with Gasteiger partial charge in [-0.2, -0.15) is 0 Å². The highest BCUT2D eigenvalue weighted by molar-refractivity contribution is 5.94. The molecule has 0 fully saturated rings. The summed E-state index contributed by atoms with van der Waals surface area (Å²) < 4.78 is 0. The van der Waals surface area contributed by atoms with Crippen LogP contribution in [0.5, 0.6) is 0 Å². The van der Waals surface area contributed by atoms with Crippen LogP contribution in [0.3, 0.4) is 0 Å². The van der Waals surface area contributed by atoms with Crippen LogP contribution in [-0.4, -0.2) is 58.9 Å². The zero-order chi connectivity index (χ0) is 25.9. The molecule has 0 aromatic carbocycles. The number of amides is 4. The van der Waals surface area contributed by atoms with Gasteiger partial charge in [-0.05, 0) is 24.2 Å². The number of hydrogen-bond acceptors (Lipinski definition) is 6. The van der Waals surface area contributed by atoms with Crippen molar-refractivity contribution in [3.63, 3.8) is 0 Å². The summed E-state index contributed by atoms with van der Waals surface area (Å²) in [6.45, 7) is 10.8. The Morgan fingerprint density at radius 1 is 0.788 bits per heavy atom. The van der Waals surface area contributed by atoms with Gasteiger partial charge < -0.3 is 32.5 Å². The summed E-state index contributed by atoms with van der Waals surface area (Å²) in [5.74, 6) is -4.42. The molecular formula is C22H41N5O6. The monoisotopic (exact) mass is 471 g/mol. The maximum Gasteiger partial charge on any atom is 0.326 e. The maximum atomic E-state index is 13.0. The second-order valence-corrected chi connectivity index (χ2v) is 8.92. The van der Waals surface area contributed by atoms with Crippen molar-refractivity contribution >= 4 is 29.6 Å². The molecule has 33 heavy (non-hydrogen) atoms. The number of hydrogen-bond donors (Lipinski definition) is 6. The van der Waals surface area contributed by atoms with Gasteiger partial charge in [0.15, 0.2) is 0 Å². The number of carbonyl (C=O) groups excluding carboxylic acids is 4. The van der Waals surface area contributed by atoms with E-state index in [1.165, 1.54) is 0 Å². The van der Waals surface area contributed by atoms with Crippen LogP contribution in [-0.2, 0) is 24.0 Å². The third kappa shape index (κ3) is 10.2. The Hall–Kier alpha value is -2.69. The summed E-state index contributed by atoms with van der Waals surface area (Å²) >= 11 is 0. The molecule has 6 atom stereocenters. The highest BCUT2D eigenvalue weighted by atomic mass is 16.4. The zero-order valence-electron chi connectivity index (χ0n) is 20.5. The molecule has 0 saturated carbocycles. The topological polar surface area (TPSA) is 194 Å². The van der Waals surface area contributed by atoms with Gasteiger partial charge in [-0.25, -0.2) is 4.79 Å². The predicted molar refractivity (Wildman–Crippen MR) is 124 cm³/mol. The quantitative estimate of drug-likeness (QED) is 0.191. The number of carboxylic acids is 1. The van der Waals surface area contributed by atoms with Crippen molar-refractivity contribution in [3.8, 4) is 0 Å². The van der Waals surface area contributed by atoms with Crippen molar-refractivity contribution in [2.24, 2.45) is 29.2 Å². The lowest BCUT2D eigenvalue weighted by Crippen LogP contribution is -2.60. The second kappa shape index (κ2) is 14.5. The van der Waals surface area contributed by atoms with E-state index in [0.717, 1.165) is 0 Å². The average Bonchev–Trinajstić information content (AvgIpc) is 2.75. The number of aliphatic carboxylic acids is 1. The molecule has 0 saturated heterocycles. The van der Waals surface area contributed by atoms with Gasteiger partial charge in [-0.3, -0.25) is 19.2 Å². The van der Waals surface area contributed by atoms with E-state index < -0.39 is 53.8 Å². The summed E-state index contributed by atoms with van der Waals surface area (Å²) in [5, 5.41) is 17.1. The fraction of sp³-hybridized carbons (Fsp3) is 0.773. The van der Waals surface area contributed by atoms with Gasteiger partial charge in [0.05, 0.1) is 6.04 Å². The van der Waals surface area contributed by atoms with E-state index in [1.807, 2.05) is 20.8 Å². The number of carbonyl (C=O) groups is 5. The van der Waals surface area contributed by atoms with E-state index in [0.29, 0.717) is 12.8 Å². The minimum absolute atomic E-state index is 0.0760. The Kier molecular flexibility index (Phi) is 13.3. The summed E-state index contributed by atoms with van der Waals surface area (Å²) in [4.78, 5) is 60.9. The third-order valence-electron chi connectivity index (χ3n) is 5.89. The van der Waals surface area contributed by atoms with Crippen molar-refractivity contribution in [2.75, 3.05) is 0 Å². The number of nitrogens with one attached hydrogen (secondary N) is 3. The van der Waals surface area contributed by atoms with Crippen LogP contribution in [0.25, 0.3) is 0 Å². The lowest BCUT2D eigenvalue weighted by Gasteiger charge is -2.29. The normalized spacial score (nSPS) is 16.6. The molecule has 0 radical (unpaired) electrons. The number of rotatable bonds is 15. The number of nitrogens with two attached hydrogens (primary N) is 2. The van der Waals surface area contributed by atoms with Gasteiger partial charge >= 0.3 is 5.97 Å². The van der Waals surface area contributed by atoms with E-state index in [-0.39, 0.29) is 30.6 Å². The Bertz CT molecular complexity index is 699. The minimum Gasteiger partial charge on any atom is -0.480 e. The Morgan fingerprint density at radius 3 is 1.70 bits per heavy atom. The van der Waals surface area contributed by atoms with Crippen molar-refractivity contribution in [1.29, 1.82) is 0 Å². The van der Waals surface area contributed by atoms with Crippen LogP contribution >= 0.6 is 0 Å². The molecule has 0 aliphatic carbocycles. The van der Waals surface area contributed by atoms with Crippen molar-refractivity contribution in [1.82, 2.24) is 16.0 Å². The van der Waals surface area contributed by atoms with Crippen LogP contribution in [0, 0.1) is 17.8 Å². The molecule has 0 aromatic rings. The second-order valence-electron chi connectivity index (χ2n) is 8.92. The van der Waals surface area contributed by atoms with Crippen LogP contribution in [0.2, 0.25) is 0 Å². The highest BCUT2D eigenvalue weighted by Crippen LogP contribution is 2.12. The fourth-order valence-corrected chi connectivity index (χ4v) is 3.05. The van der Waals surface area contributed by atoms with Crippen LogP contribution in [0.15, 0.2) is 0 Å². The predicted octanol–water partition coefficient (Wildman–Crippen LogP) is -0.134. The van der Waals surface area contributed by atoms with Gasteiger partial charge in [-0.15, -0.1) is 0 Å². The minimum atomic E-state index is -1.33.